The molecule has 0 saturated heterocycles. The summed E-state index contributed by atoms with van der Waals surface area (Å²) in [6, 6.07) is 0. The van der Waals surface area contributed by atoms with Crippen LogP contribution < -0.4 is 0 Å². The molecule has 0 unspecified atom stereocenters. The quantitative estimate of drug-likeness (QED) is 0.590. The van der Waals surface area contributed by atoms with Gasteiger partial charge in [-0.25, -0.2) is 0 Å². The second-order valence-electron chi connectivity index (χ2n) is 1.10. The molecule has 0 radical (unpaired) electrons. The van der Waals surface area contributed by atoms with Crippen molar-refractivity contribution in [1.82, 2.24) is 0 Å². The van der Waals surface area contributed by atoms with Crippen LogP contribution in [0.4, 0.5) is 0 Å². The van der Waals surface area contributed by atoms with Crippen molar-refractivity contribution in [2.24, 2.45) is 0 Å². The summed E-state index contributed by atoms with van der Waals surface area (Å²) < 4.78 is 4.63. The van der Waals surface area contributed by atoms with E-state index in [-0.39, 0.29) is 13.2 Å². The van der Waals surface area contributed by atoms with Crippen molar-refractivity contribution in [3.63, 3.8) is 0 Å². The number of aliphatic hydroxyl groups is 2. The van der Waals surface area contributed by atoms with Crippen LogP contribution in [-0.4, -0.2) is 36.6 Å². The molecule has 0 aromatic rings. The van der Waals surface area contributed by atoms with Crippen LogP contribution in [0.15, 0.2) is 0 Å². The molecule has 0 aromatic carbocycles. The summed E-state index contributed by atoms with van der Waals surface area (Å²) in [6.45, 7) is 0.696. The molecule has 68 valence electrons. The molecule has 10 heavy (non-hydrogen) atoms. The number of ether oxygens (including phenoxy) is 1. The van der Waals surface area contributed by atoms with Crippen LogP contribution in [0, 0.1) is 0 Å². The van der Waals surface area contributed by atoms with Gasteiger partial charge in [-0.1, -0.05) is 0 Å². The van der Waals surface area contributed by atoms with Crippen LogP contribution >= 0.6 is 28.5 Å². The average Bonchev–Trinajstić information content (AvgIpc) is 1.91. The van der Waals surface area contributed by atoms with Crippen molar-refractivity contribution < 1.29 is 25.8 Å². The van der Waals surface area contributed by atoms with Crippen molar-refractivity contribution >= 4 is 28.5 Å². The molecule has 0 fully saturated rings. The third kappa shape index (κ3) is 22.8. The third-order valence-electron chi connectivity index (χ3n) is 0.471. The first kappa shape index (κ1) is 13.9. The Hall–Kier alpha value is 1.33. The van der Waals surface area contributed by atoms with Crippen LogP contribution in [-0.2, 0) is 15.6 Å². The molecule has 0 aliphatic carbocycles. The van der Waals surface area contributed by atoms with Gasteiger partial charge in [0, 0.05) is 0 Å². The van der Waals surface area contributed by atoms with Gasteiger partial charge in [-0.15, -0.1) is 0 Å². The van der Waals surface area contributed by atoms with Crippen molar-refractivity contribution in [3.05, 3.63) is 0 Å². The fourth-order valence-electron chi connectivity index (χ4n) is 0.231. The van der Waals surface area contributed by atoms with Crippen molar-refractivity contribution in [3.8, 4) is 0 Å². The first-order valence-corrected chi connectivity index (χ1v) is 7.33. The Labute approximate surface area is 80.5 Å². The average molecular weight is 325 g/mol. The Kier molecular flexibility index (Phi) is 23.3. The van der Waals surface area contributed by atoms with E-state index in [1.54, 1.807) is 0 Å². The number of halogens is 2. The van der Waals surface area contributed by atoms with Crippen LogP contribution in [0.25, 0.3) is 0 Å². The van der Waals surface area contributed by atoms with Gasteiger partial charge in [0.1, 0.15) is 0 Å². The van der Waals surface area contributed by atoms with Crippen LogP contribution in [0.1, 0.15) is 0 Å². The Morgan fingerprint density at radius 3 is 1.60 bits per heavy atom. The normalized spacial score (nSPS) is 8.80. The molecule has 0 aliphatic heterocycles. The molecule has 0 heterocycles. The van der Waals surface area contributed by atoms with Gasteiger partial charge in [0.25, 0.3) is 0 Å². The van der Waals surface area contributed by atoms with E-state index in [0.29, 0.717) is 13.2 Å². The number of aliphatic hydroxyl groups excluding tert-OH is 2. The van der Waals surface area contributed by atoms with Gasteiger partial charge < -0.3 is 14.9 Å². The van der Waals surface area contributed by atoms with Gasteiger partial charge >= 0.3 is 39.3 Å². The fourth-order valence-corrected chi connectivity index (χ4v) is 0.231. The van der Waals surface area contributed by atoms with Crippen LogP contribution in [0.2, 0.25) is 0 Å². The fraction of sp³-hybridized carbons (Fsp3) is 1.00. The van der Waals surface area contributed by atoms with Crippen molar-refractivity contribution in [2.45, 2.75) is 0 Å². The zero-order valence-electron chi connectivity index (χ0n) is 5.20. The molecule has 0 bridgehead atoms. The minimum atomic E-state index is 0.0278. The van der Waals surface area contributed by atoms with E-state index in [0.717, 1.165) is 0 Å². The van der Waals surface area contributed by atoms with Gasteiger partial charge in [0.05, 0.1) is 26.4 Å². The Balaban J connectivity index is 0. The van der Waals surface area contributed by atoms with Crippen LogP contribution in [0.5, 0.6) is 0 Å². The number of hydrogen-bond donors (Lipinski definition) is 2. The zero-order valence-corrected chi connectivity index (χ0v) is 9.36. The molecule has 2 N–H and O–H groups in total. The van der Waals surface area contributed by atoms with E-state index in [9.17, 15) is 0 Å². The standard InChI is InChI=1S/C4H10O3.2BrH.Ni/c5-1-3-7-4-2-6;;;/h5-6H,1-4H2;2*1H;/q;;;+2/p-2. The van der Waals surface area contributed by atoms with Gasteiger partial charge in [0.15, 0.2) is 0 Å². The van der Waals surface area contributed by atoms with Crippen LogP contribution in [0.3, 0.4) is 0 Å². The molecule has 0 spiro atoms. The maximum absolute atomic E-state index is 8.09. The first-order valence-electron chi connectivity index (χ1n) is 2.45. The van der Waals surface area contributed by atoms with E-state index in [2.05, 4.69) is 33.2 Å². The topological polar surface area (TPSA) is 49.7 Å². The summed E-state index contributed by atoms with van der Waals surface area (Å²) in [5.41, 5.74) is 0. The SMILES string of the molecule is OCCOCCO.[Br][Ni][Br]. The van der Waals surface area contributed by atoms with E-state index in [4.69, 9.17) is 10.2 Å². The Morgan fingerprint density at radius 2 is 1.40 bits per heavy atom. The number of rotatable bonds is 4. The second kappa shape index (κ2) is 16.7. The summed E-state index contributed by atoms with van der Waals surface area (Å²) in [7, 11) is 1.25. The first-order chi connectivity index (χ1) is 4.83. The number of hydrogen-bond acceptors (Lipinski definition) is 3. The Bertz CT molecular complexity index is 45.5. The van der Waals surface area contributed by atoms with E-state index < -0.39 is 0 Å². The zero-order chi connectivity index (χ0) is 8.24. The van der Waals surface area contributed by atoms with Crippen molar-refractivity contribution in [2.75, 3.05) is 26.4 Å². The summed E-state index contributed by atoms with van der Waals surface area (Å²) in [5, 5.41) is 16.2. The van der Waals surface area contributed by atoms with Gasteiger partial charge in [-0.2, -0.15) is 0 Å². The van der Waals surface area contributed by atoms with Gasteiger partial charge in [-0.3, -0.25) is 0 Å². The predicted octanol–water partition coefficient (Wildman–Crippen LogP) is 0.676. The summed E-state index contributed by atoms with van der Waals surface area (Å²) in [5.74, 6) is 0. The van der Waals surface area contributed by atoms with E-state index in [1.807, 2.05) is 0 Å². The molecule has 0 atom stereocenters. The molecule has 0 aromatic heterocycles. The molecular formula is C4H10Br2NiO3. The summed E-state index contributed by atoms with van der Waals surface area (Å²) >= 11 is 6.00. The predicted molar refractivity (Wildman–Crippen MR) is 42.8 cm³/mol. The maximum atomic E-state index is 8.09. The Morgan fingerprint density at radius 1 is 1.10 bits per heavy atom. The monoisotopic (exact) mass is 322 g/mol. The molecule has 0 saturated carbocycles. The third-order valence-corrected chi connectivity index (χ3v) is 0.471. The molecule has 0 rings (SSSR count). The van der Waals surface area contributed by atoms with E-state index >= 15 is 0 Å². The second-order valence-corrected chi connectivity index (χ2v) is 6.09. The van der Waals surface area contributed by atoms with Crippen molar-refractivity contribution in [1.29, 1.82) is 0 Å². The molecular weight excluding hydrogens is 315 g/mol. The summed E-state index contributed by atoms with van der Waals surface area (Å²) in [4.78, 5) is 0. The summed E-state index contributed by atoms with van der Waals surface area (Å²) in [6.07, 6.45) is 0. The molecule has 0 aliphatic rings. The van der Waals surface area contributed by atoms with Gasteiger partial charge in [0.2, 0.25) is 0 Å². The molecule has 6 heteroatoms. The molecule has 3 nitrogen and oxygen atoms in total. The minimum absolute atomic E-state index is 0.0278. The van der Waals surface area contributed by atoms with Gasteiger partial charge in [-0.05, 0) is 0 Å². The van der Waals surface area contributed by atoms with E-state index in [1.165, 1.54) is 10.9 Å². The molecule has 0 amide bonds.